The van der Waals surface area contributed by atoms with E-state index in [0.717, 1.165) is 61.9 Å². The summed E-state index contributed by atoms with van der Waals surface area (Å²) in [5, 5.41) is 17.6. The van der Waals surface area contributed by atoms with Crippen LogP contribution in [0.1, 0.15) is 23.2 Å². The highest BCUT2D eigenvalue weighted by atomic mass is 32.1. The topological polar surface area (TPSA) is 79.6 Å². The molecule has 1 aromatic heterocycles. The lowest BCUT2D eigenvalue weighted by atomic mass is 10.0. The van der Waals surface area contributed by atoms with E-state index < -0.39 is 0 Å². The fraction of sp³-hybridized carbons (Fsp3) is 0.333. The van der Waals surface area contributed by atoms with Crippen molar-refractivity contribution in [1.29, 1.82) is 5.26 Å². The average Bonchev–Trinajstić information content (AvgIpc) is 2.78. The van der Waals surface area contributed by atoms with Crippen molar-refractivity contribution in [3.8, 4) is 6.07 Å². The molecule has 2 aliphatic heterocycles. The standard InChI is InChI=1S/C21H23N7S/c1-15-6-8-24-20-18(7-9-23-19(15)20)25-26-21(29)28-12-10-27(11-13-28)17-4-2-16(14-22)3-5-17/h2-6,8,23H,7,9-13H2,1H3,(H,26,29)/b25-18-. The van der Waals surface area contributed by atoms with Crippen molar-refractivity contribution in [1.82, 2.24) is 15.3 Å². The molecule has 2 N–H and O–H groups in total. The highest BCUT2D eigenvalue weighted by Crippen LogP contribution is 2.23. The van der Waals surface area contributed by atoms with Gasteiger partial charge in [-0.2, -0.15) is 10.4 Å². The van der Waals surface area contributed by atoms with Gasteiger partial charge in [0.1, 0.15) is 5.69 Å². The number of anilines is 2. The Hall–Kier alpha value is -3.18. The summed E-state index contributed by atoms with van der Waals surface area (Å²) in [5.74, 6) is 0. The van der Waals surface area contributed by atoms with E-state index in [4.69, 9.17) is 17.5 Å². The van der Waals surface area contributed by atoms with Gasteiger partial charge < -0.3 is 15.1 Å². The normalized spacial score (nSPS) is 17.3. The molecule has 0 atom stereocenters. The smallest absolute Gasteiger partial charge is 0.189 e. The summed E-state index contributed by atoms with van der Waals surface area (Å²) in [5.41, 5.74) is 8.95. The van der Waals surface area contributed by atoms with Crippen LogP contribution in [0.15, 0.2) is 41.6 Å². The van der Waals surface area contributed by atoms with Crippen LogP contribution in [0, 0.1) is 18.3 Å². The van der Waals surface area contributed by atoms with E-state index in [0.29, 0.717) is 10.7 Å². The largest absolute Gasteiger partial charge is 0.383 e. The predicted molar refractivity (Wildman–Crippen MR) is 119 cm³/mol. The number of nitriles is 1. The third-order valence-corrected chi connectivity index (χ3v) is 5.66. The molecule has 0 bridgehead atoms. The SMILES string of the molecule is Cc1ccnc2c1NCC/C2=N/NC(=S)N1CCN(c2ccc(C#N)cc2)CC1. The number of thiocarbonyl (C=S) groups is 1. The molecule has 0 amide bonds. The van der Waals surface area contributed by atoms with Crippen molar-refractivity contribution in [3.63, 3.8) is 0 Å². The van der Waals surface area contributed by atoms with E-state index in [1.54, 1.807) is 0 Å². The summed E-state index contributed by atoms with van der Waals surface area (Å²) in [6.07, 6.45) is 2.63. The first-order chi connectivity index (χ1) is 14.2. The monoisotopic (exact) mass is 405 g/mol. The van der Waals surface area contributed by atoms with Gasteiger partial charge in [-0.15, -0.1) is 0 Å². The van der Waals surface area contributed by atoms with Gasteiger partial charge in [0, 0.05) is 51.0 Å². The molecule has 29 heavy (non-hydrogen) atoms. The van der Waals surface area contributed by atoms with Gasteiger partial charge in [-0.3, -0.25) is 10.4 Å². The first kappa shape index (κ1) is 19.2. The van der Waals surface area contributed by atoms with Gasteiger partial charge in [-0.05, 0) is 55.0 Å². The molecule has 7 nitrogen and oxygen atoms in total. The van der Waals surface area contributed by atoms with E-state index in [1.165, 1.54) is 5.56 Å². The maximum atomic E-state index is 8.94. The number of hydrazone groups is 1. The fourth-order valence-corrected chi connectivity index (χ4v) is 3.86. The zero-order chi connectivity index (χ0) is 20.2. The first-order valence-corrected chi connectivity index (χ1v) is 10.1. The molecule has 0 spiro atoms. The lowest BCUT2D eigenvalue weighted by Gasteiger charge is -2.37. The fourth-order valence-electron chi connectivity index (χ4n) is 3.63. The number of fused-ring (bicyclic) bond motifs is 1. The number of pyridine rings is 1. The predicted octanol–water partition coefficient (Wildman–Crippen LogP) is 2.48. The van der Waals surface area contributed by atoms with Gasteiger partial charge in [0.05, 0.1) is 23.0 Å². The molecule has 1 fully saturated rings. The van der Waals surface area contributed by atoms with Crippen molar-refractivity contribution in [2.45, 2.75) is 13.3 Å². The van der Waals surface area contributed by atoms with Gasteiger partial charge in [-0.25, -0.2) is 0 Å². The Morgan fingerprint density at radius 3 is 2.69 bits per heavy atom. The zero-order valence-corrected chi connectivity index (χ0v) is 17.2. The minimum atomic E-state index is 0.643. The zero-order valence-electron chi connectivity index (χ0n) is 16.4. The summed E-state index contributed by atoms with van der Waals surface area (Å²) in [6, 6.07) is 11.9. The molecule has 8 heteroatoms. The molecule has 0 saturated carbocycles. The van der Waals surface area contributed by atoms with Crippen molar-refractivity contribution in [2.75, 3.05) is 42.9 Å². The Kier molecular flexibility index (Phi) is 5.58. The van der Waals surface area contributed by atoms with Crippen LogP contribution in [0.5, 0.6) is 0 Å². The van der Waals surface area contributed by atoms with Gasteiger partial charge >= 0.3 is 0 Å². The molecular weight excluding hydrogens is 382 g/mol. The summed E-state index contributed by atoms with van der Waals surface area (Å²) in [7, 11) is 0. The minimum Gasteiger partial charge on any atom is -0.383 e. The maximum Gasteiger partial charge on any atom is 0.189 e. The van der Waals surface area contributed by atoms with Gasteiger partial charge in [0.2, 0.25) is 0 Å². The molecule has 148 valence electrons. The Labute approximate surface area is 176 Å². The van der Waals surface area contributed by atoms with Gasteiger partial charge in [0.15, 0.2) is 5.11 Å². The van der Waals surface area contributed by atoms with Crippen LogP contribution in [0.25, 0.3) is 0 Å². The van der Waals surface area contributed by atoms with Crippen molar-refractivity contribution >= 4 is 34.4 Å². The van der Waals surface area contributed by atoms with Crippen molar-refractivity contribution in [3.05, 3.63) is 53.3 Å². The molecule has 2 aromatic rings. The number of hydrogen-bond donors (Lipinski definition) is 2. The summed E-state index contributed by atoms with van der Waals surface area (Å²) >= 11 is 5.57. The number of aryl methyl sites for hydroxylation is 1. The highest BCUT2D eigenvalue weighted by Gasteiger charge is 2.21. The molecular formula is C21H23N7S. The van der Waals surface area contributed by atoms with E-state index >= 15 is 0 Å². The lowest BCUT2D eigenvalue weighted by molar-refractivity contribution is 0.381. The quantitative estimate of drug-likeness (QED) is 0.587. The molecule has 0 unspecified atom stereocenters. The minimum absolute atomic E-state index is 0.643. The Morgan fingerprint density at radius 1 is 1.21 bits per heavy atom. The second-order valence-corrected chi connectivity index (χ2v) is 7.52. The Morgan fingerprint density at radius 2 is 1.97 bits per heavy atom. The molecule has 1 aromatic carbocycles. The van der Waals surface area contributed by atoms with Crippen molar-refractivity contribution < 1.29 is 0 Å². The number of rotatable bonds is 2. The number of nitrogens with zero attached hydrogens (tertiary/aromatic N) is 5. The summed E-state index contributed by atoms with van der Waals surface area (Å²) in [4.78, 5) is 8.94. The van der Waals surface area contributed by atoms with Crippen LogP contribution in [0.4, 0.5) is 11.4 Å². The second kappa shape index (κ2) is 8.45. The van der Waals surface area contributed by atoms with Crippen LogP contribution in [0.3, 0.4) is 0 Å². The van der Waals surface area contributed by atoms with Crippen LogP contribution in [-0.4, -0.2) is 53.4 Å². The Balaban J connectivity index is 1.36. The molecule has 1 saturated heterocycles. The van der Waals surface area contributed by atoms with Crippen LogP contribution in [-0.2, 0) is 0 Å². The Bertz CT molecular complexity index is 970. The van der Waals surface area contributed by atoms with Gasteiger partial charge in [-0.1, -0.05) is 0 Å². The van der Waals surface area contributed by atoms with E-state index in [2.05, 4.69) is 43.6 Å². The highest BCUT2D eigenvalue weighted by molar-refractivity contribution is 7.80. The third-order valence-electron chi connectivity index (χ3n) is 5.31. The molecule has 2 aliphatic rings. The van der Waals surface area contributed by atoms with Crippen LogP contribution < -0.4 is 15.6 Å². The summed E-state index contributed by atoms with van der Waals surface area (Å²) < 4.78 is 0. The maximum absolute atomic E-state index is 8.94. The molecule has 3 heterocycles. The lowest BCUT2D eigenvalue weighted by Crippen LogP contribution is -2.51. The van der Waals surface area contributed by atoms with Crippen LogP contribution >= 0.6 is 12.2 Å². The van der Waals surface area contributed by atoms with E-state index in [-0.39, 0.29) is 0 Å². The molecule has 0 aliphatic carbocycles. The third kappa shape index (κ3) is 4.15. The number of hydrogen-bond acceptors (Lipinski definition) is 6. The second-order valence-electron chi connectivity index (χ2n) is 7.14. The molecule has 0 radical (unpaired) electrons. The van der Waals surface area contributed by atoms with E-state index in [1.807, 2.05) is 36.5 Å². The number of nitrogens with one attached hydrogen (secondary N) is 2. The molecule has 4 rings (SSSR count). The average molecular weight is 406 g/mol. The van der Waals surface area contributed by atoms with E-state index in [9.17, 15) is 0 Å². The first-order valence-electron chi connectivity index (χ1n) is 9.72. The number of benzene rings is 1. The summed E-state index contributed by atoms with van der Waals surface area (Å²) in [6.45, 7) is 6.31. The number of piperazine rings is 1. The van der Waals surface area contributed by atoms with Gasteiger partial charge in [0.25, 0.3) is 0 Å². The van der Waals surface area contributed by atoms with Crippen molar-refractivity contribution in [2.24, 2.45) is 5.10 Å². The number of aromatic nitrogens is 1. The van der Waals surface area contributed by atoms with Crippen LogP contribution in [0.2, 0.25) is 0 Å².